The minimum Gasteiger partial charge on any atom is -0.360 e. The zero-order chi connectivity index (χ0) is 13.1. The summed E-state index contributed by atoms with van der Waals surface area (Å²) >= 11 is 1.56. The summed E-state index contributed by atoms with van der Waals surface area (Å²) in [5.41, 5.74) is 1.45. The van der Waals surface area contributed by atoms with Gasteiger partial charge in [0.15, 0.2) is 5.82 Å². The van der Waals surface area contributed by atoms with E-state index in [1.54, 1.807) is 11.9 Å². The molecule has 1 fully saturated rings. The lowest BCUT2D eigenvalue weighted by molar-refractivity contribution is 0.314. The lowest BCUT2D eigenvalue weighted by atomic mass is 9.81. The van der Waals surface area contributed by atoms with Crippen LogP contribution in [0.2, 0.25) is 0 Å². The molecular weight excluding hydrogens is 256 g/mol. The predicted octanol–water partition coefficient (Wildman–Crippen LogP) is 4.44. The van der Waals surface area contributed by atoms with Gasteiger partial charge in [0.2, 0.25) is 0 Å². The van der Waals surface area contributed by atoms with Gasteiger partial charge in [-0.1, -0.05) is 36.6 Å². The van der Waals surface area contributed by atoms with Crippen LogP contribution in [0.5, 0.6) is 0 Å². The van der Waals surface area contributed by atoms with Crippen LogP contribution in [-0.4, -0.2) is 5.16 Å². The van der Waals surface area contributed by atoms with Crippen LogP contribution in [0.25, 0.3) is 0 Å². The van der Waals surface area contributed by atoms with Gasteiger partial charge in [-0.15, -0.1) is 0 Å². The molecule has 0 bridgehead atoms. The highest BCUT2D eigenvalue weighted by molar-refractivity contribution is 8.00. The highest BCUT2D eigenvalue weighted by Gasteiger charge is 2.17. The highest BCUT2D eigenvalue weighted by atomic mass is 32.2. The molecule has 1 N–H and O–H groups in total. The molecule has 100 valence electrons. The second-order valence-corrected chi connectivity index (χ2v) is 6.05. The molecule has 3 rings (SSSR count). The number of rotatable bonds is 5. The van der Waals surface area contributed by atoms with E-state index in [0.29, 0.717) is 0 Å². The van der Waals surface area contributed by atoms with E-state index < -0.39 is 0 Å². The predicted molar refractivity (Wildman–Crippen MR) is 78.2 cm³/mol. The second kappa shape index (κ2) is 5.70. The molecule has 0 atom stereocenters. The Bertz CT molecular complexity index is 531. The summed E-state index contributed by atoms with van der Waals surface area (Å²) < 4.78 is 8.18. The van der Waals surface area contributed by atoms with Crippen LogP contribution in [0.3, 0.4) is 0 Å². The fourth-order valence-corrected chi connectivity index (χ4v) is 2.84. The maximum Gasteiger partial charge on any atom is 0.179 e. The standard InChI is InChI=1S/C15H18N2OS/c1-11-9-15(16-18-11)17-19-14-7-5-13(6-8-14)10-12-3-2-4-12/h5-9,12H,2-4,10H2,1H3,(H,16,17). The van der Waals surface area contributed by atoms with Gasteiger partial charge in [-0.3, -0.25) is 0 Å². The topological polar surface area (TPSA) is 38.1 Å². The van der Waals surface area contributed by atoms with Gasteiger partial charge in [-0.25, -0.2) is 0 Å². The van der Waals surface area contributed by atoms with Gasteiger partial charge in [-0.05, 0) is 48.9 Å². The van der Waals surface area contributed by atoms with E-state index in [4.69, 9.17) is 4.52 Å². The zero-order valence-corrected chi connectivity index (χ0v) is 11.9. The molecular formula is C15H18N2OS. The summed E-state index contributed by atoms with van der Waals surface area (Å²) in [6.45, 7) is 1.89. The third-order valence-electron chi connectivity index (χ3n) is 3.57. The number of anilines is 1. The van der Waals surface area contributed by atoms with Crippen molar-refractivity contribution in [2.45, 2.75) is 37.5 Å². The second-order valence-electron chi connectivity index (χ2n) is 5.17. The molecule has 1 aromatic carbocycles. The van der Waals surface area contributed by atoms with Gasteiger partial charge < -0.3 is 9.25 Å². The molecule has 2 aromatic rings. The van der Waals surface area contributed by atoms with Crippen LogP contribution in [0.15, 0.2) is 39.8 Å². The van der Waals surface area contributed by atoms with Gasteiger partial charge in [-0.2, -0.15) is 0 Å². The fraction of sp³-hybridized carbons (Fsp3) is 0.400. The molecule has 1 saturated carbocycles. The molecule has 3 nitrogen and oxygen atoms in total. The maximum absolute atomic E-state index is 5.01. The first kappa shape index (κ1) is 12.6. The molecule has 1 heterocycles. The van der Waals surface area contributed by atoms with E-state index in [0.717, 1.165) is 17.5 Å². The van der Waals surface area contributed by atoms with E-state index in [9.17, 15) is 0 Å². The van der Waals surface area contributed by atoms with E-state index in [1.807, 2.05) is 13.0 Å². The van der Waals surface area contributed by atoms with Gasteiger partial charge in [0.05, 0.1) is 0 Å². The van der Waals surface area contributed by atoms with Gasteiger partial charge in [0.1, 0.15) is 5.76 Å². The number of hydrogen-bond acceptors (Lipinski definition) is 4. The minimum absolute atomic E-state index is 0.765. The number of nitrogens with one attached hydrogen (secondary N) is 1. The molecule has 0 saturated heterocycles. The van der Waals surface area contributed by atoms with Crippen molar-refractivity contribution >= 4 is 17.8 Å². The summed E-state index contributed by atoms with van der Waals surface area (Å²) in [6.07, 6.45) is 5.47. The molecule has 0 spiro atoms. The van der Waals surface area contributed by atoms with Crippen LogP contribution in [0.4, 0.5) is 5.82 Å². The van der Waals surface area contributed by atoms with Crippen molar-refractivity contribution in [2.75, 3.05) is 4.72 Å². The Morgan fingerprint density at radius 1 is 1.32 bits per heavy atom. The van der Waals surface area contributed by atoms with Gasteiger partial charge >= 0.3 is 0 Å². The van der Waals surface area contributed by atoms with Crippen molar-refractivity contribution in [1.29, 1.82) is 0 Å². The third-order valence-corrected chi connectivity index (χ3v) is 4.39. The summed E-state index contributed by atoms with van der Waals surface area (Å²) in [5.74, 6) is 2.51. The molecule has 0 aliphatic heterocycles. The Kier molecular flexibility index (Phi) is 3.78. The Hall–Kier alpha value is -1.42. The number of aromatic nitrogens is 1. The lowest BCUT2D eigenvalue weighted by Crippen LogP contribution is -2.13. The van der Waals surface area contributed by atoms with Crippen molar-refractivity contribution in [3.05, 3.63) is 41.7 Å². The fourth-order valence-electron chi connectivity index (χ4n) is 2.25. The van der Waals surface area contributed by atoms with E-state index >= 15 is 0 Å². The van der Waals surface area contributed by atoms with Crippen LogP contribution in [0, 0.1) is 12.8 Å². The summed E-state index contributed by atoms with van der Waals surface area (Å²) in [6, 6.07) is 10.7. The van der Waals surface area contributed by atoms with Crippen molar-refractivity contribution in [2.24, 2.45) is 5.92 Å². The molecule has 1 aromatic heterocycles. The molecule has 1 aliphatic carbocycles. The summed E-state index contributed by atoms with van der Waals surface area (Å²) in [4.78, 5) is 1.19. The van der Waals surface area contributed by atoms with Gasteiger partial charge in [0, 0.05) is 11.0 Å². The summed E-state index contributed by atoms with van der Waals surface area (Å²) in [5, 5.41) is 3.90. The first-order chi connectivity index (χ1) is 9.29. The van der Waals surface area contributed by atoms with Crippen molar-refractivity contribution in [3.63, 3.8) is 0 Å². The SMILES string of the molecule is Cc1cc(NSc2ccc(CC3CCC3)cc2)no1. The Labute approximate surface area is 117 Å². The lowest BCUT2D eigenvalue weighted by Gasteiger charge is -2.25. The molecule has 0 amide bonds. The molecule has 4 heteroatoms. The van der Waals surface area contributed by atoms with Crippen molar-refractivity contribution < 1.29 is 4.52 Å². The van der Waals surface area contributed by atoms with Crippen LogP contribution >= 0.6 is 11.9 Å². The van der Waals surface area contributed by atoms with E-state index in [2.05, 4.69) is 34.1 Å². The average Bonchev–Trinajstić information content (AvgIpc) is 2.79. The minimum atomic E-state index is 0.765. The Morgan fingerprint density at radius 2 is 2.11 bits per heavy atom. The third kappa shape index (κ3) is 3.32. The Morgan fingerprint density at radius 3 is 2.68 bits per heavy atom. The van der Waals surface area contributed by atoms with E-state index in [1.165, 1.54) is 36.1 Å². The normalized spacial score (nSPS) is 15.2. The highest BCUT2D eigenvalue weighted by Crippen LogP contribution is 2.30. The average molecular weight is 274 g/mol. The Balaban J connectivity index is 1.53. The van der Waals surface area contributed by atoms with Crippen molar-refractivity contribution in [1.82, 2.24) is 5.16 Å². The number of hydrogen-bond donors (Lipinski definition) is 1. The number of aryl methyl sites for hydroxylation is 1. The van der Waals surface area contributed by atoms with Crippen LogP contribution in [0.1, 0.15) is 30.6 Å². The van der Waals surface area contributed by atoms with Crippen molar-refractivity contribution in [3.8, 4) is 0 Å². The zero-order valence-electron chi connectivity index (χ0n) is 11.1. The molecule has 19 heavy (non-hydrogen) atoms. The molecule has 0 unspecified atom stereocenters. The van der Waals surface area contributed by atoms with Crippen LogP contribution < -0.4 is 4.72 Å². The van der Waals surface area contributed by atoms with Gasteiger partial charge in [0.25, 0.3) is 0 Å². The van der Waals surface area contributed by atoms with E-state index in [-0.39, 0.29) is 0 Å². The summed E-state index contributed by atoms with van der Waals surface area (Å²) in [7, 11) is 0. The smallest absolute Gasteiger partial charge is 0.179 e. The van der Waals surface area contributed by atoms with Crippen LogP contribution in [-0.2, 0) is 6.42 Å². The molecule has 1 aliphatic rings. The largest absolute Gasteiger partial charge is 0.360 e. The number of nitrogens with zero attached hydrogens (tertiary/aromatic N) is 1. The quantitative estimate of drug-likeness (QED) is 0.818. The number of benzene rings is 1. The first-order valence-electron chi connectivity index (χ1n) is 6.75. The first-order valence-corrected chi connectivity index (χ1v) is 7.56. The maximum atomic E-state index is 5.01. The molecule has 0 radical (unpaired) electrons. The monoisotopic (exact) mass is 274 g/mol.